The second-order valence-corrected chi connectivity index (χ2v) is 9.39. The molecule has 2 aromatic carbocycles. The van der Waals surface area contributed by atoms with E-state index in [1.165, 1.54) is 29.5 Å². The molecule has 1 saturated carbocycles. The zero-order valence-electron chi connectivity index (χ0n) is 17.7. The molecule has 1 aromatic heterocycles. The lowest BCUT2D eigenvalue weighted by atomic mass is 9.81. The highest BCUT2D eigenvalue weighted by Gasteiger charge is 2.24. The number of nitrogens with one attached hydrogen (secondary N) is 1. The van der Waals surface area contributed by atoms with Crippen LogP contribution in [0.1, 0.15) is 36.1 Å². The van der Waals surface area contributed by atoms with Gasteiger partial charge in [-0.3, -0.25) is 0 Å². The Kier molecular flexibility index (Phi) is 6.74. The van der Waals surface area contributed by atoms with E-state index in [0.717, 1.165) is 37.1 Å². The zero-order valence-corrected chi connectivity index (χ0v) is 18.5. The van der Waals surface area contributed by atoms with Gasteiger partial charge in [0.2, 0.25) is 0 Å². The van der Waals surface area contributed by atoms with E-state index in [4.69, 9.17) is 4.98 Å². The summed E-state index contributed by atoms with van der Waals surface area (Å²) < 4.78 is 28.6. The van der Waals surface area contributed by atoms with Gasteiger partial charge < -0.3 is 15.5 Å². The zero-order chi connectivity index (χ0) is 22.7. The van der Waals surface area contributed by atoms with Crippen LogP contribution in [0.25, 0.3) is 11.3 Å². The van der Waals surface area contributed by atoms with Crippen molar-refractivity contribution in [2.24, 2.45) is 11.8 Å². The minimum absolute atomic E-state index is 0.00616. The standard InChI is InChI=1S/C25H26F2N2O2S/c1-15(30)17-10-8-16(9-11-17)14-28-25-29-24(18-4-2-5-19(31)12-18)23(32-25)13-20-21(26)6-3-7-22(20)27/h2-7,12,16-17,30-31H,1,8-11,13-14H2,(H,28,29). The molecule has 0 amide bonds. The summed E-state index contributed by atoms with van der Waals surface area (Å²) in [4.78, 5) is 5.43. The van der Waals surface area contributed by atoms with Crippen molar-refractivity contribution < 1.29 is 19.0 Å². The third kappa shape index (κ3) is 5.10. The Morgan fingerprint density at radius 1 is 1.09 bits per heavy atom. The lowest BCUT2D eigenvalue weighted by molar-refractivity contribution is 0.242. The number of phenolic OH excluding ortho intramolecular Hbond substituents is 1. The quantitative estimate of drug-likeness (QED) is 0.347. The summed E-state index contributed by atoms with van der Waals surface area (Å²) >= 11 is 1.38. The van der Waals surface area contributed by atoms with Crippen molar-refractivity contribution in [2.75, 3.05) is 11.9 Å². The number of phenols is 1. The van der Waals surface area contributed by atoms with Gasteiger partial charge in [0.1, 0.15) is 17.4 Å². The highest BCUT2D eigenvalue weighted by Crippen LogP contribution is 2.36. The van der Waals surface area contributed by atoms with Crippen LogP contribution in [0.2, 0.25) is 0 Å². The minimum Gasteiger partial charge on any atom is -0.513 e. The van der Waals surface area contributed by atoms with Gasteiger partial charge in [-0.15, -0.1) is 11.3 Å². The van der Waals surface area contributed by atoms with Crippen molar-refractivity contribution >= 4 is 16.5 Å². The lowest BCUT2D eigenvalue weighted by Gasteiger charge is -2.27. The molecule has 1 heterocycles. The number of thiazole rings is 1. The molecular formula is C25H26F2N2O2S. The van der Waals surface area contributed by atoms with Crippen molar-refractivity contribution in [3.05, 3.63) is 76.9 Å². The first-order chi connectivity index (χ1) is 15.4. The third-order valence-corrected chi connectivity index (χ3v) is 7.09. The first-order valence-corrected chi connectivity index (χ1v) is 11.6. The van der Waals surface area contributed by atoms with E-state index in [2.05, 4.69) is 11.9 Å². The molecular weight excluding hydrogens is 430 g/mol. The topological polar surface area (TPSA) is 65.4 Å². The number of aromatic hydroxyl groups is 1. The molecule has 0 bridgehead atoms. The fourth-order valence-corrected chi connectivity index (χ4v) is 5.22. The smallest absolute Gasteiger partial charge is 0.183 e. The van der Waals surface area contributed by atoms with Crippen LogP contribution in [-0.4, -0.2) is 21.7 Å². The molecule has 3 N–H and O–H groups in total. The van der Waals surface area contributed by atoms with Gasteiger partial charge in [-0.2, -0.15) is 0 Å². The number of allylic oxidation sites excluding steroid dienone is 1. The van der Waals surface area contributed by atoms with Gasteiger partial charge in [0, 0.05) is 34.9 Å². The molecule has 0 saturated heterocycles. The van der Waals surface area contributed by atoms with Crippen molar-refractivity contribution in [1.82, 2.24) is 4.98 Å². The number of rotatable bonds is 7. The lowest BCUT2D eigenvalue weighted by Crippen LogP contribution is -2.21. The molecule has 3 aromatic rings. The summed E-state index contributed by atoms with van der Waals surface area (Å²) in [6, 6.07) is 10.6. The molecule has 1 aliphatic rings. The van der Waals surface area contributed by atoms with Crippen LogP contribution in [-0.2, 0) is 6.42 Å². The van der Waals surface area contributed by atoms with E-state index in [1.54, 1.807) is 18.2 Å². The van der Waals surface area contributed by atoms with Crippen LogP contribution in [0, 0.1) is 23.5 Å². The Morgan fingerprint density at radius 3 is 2.44 bits per heavy atom. The second kappa shape index (κ2) is 9.69. The van der Waals surface area contributed by atoms with E-state index in [9.17, 15) is 19.0 Å². The number of nitrogens with zero attached hydrogens (tertiary/aromatic N) is 1. The molecule has 32 heavy (non-hydrogen) atoms. The van der Waals surface area contributed by atoms with Crippen LogP contribution >= 0.6 is 11.3 Å². The van der Waals surface area contributed by atoms with Crippen LogP contribution in [0.3, 0.4) is 0 Å². The van der Waals surface area contributed by atoms with E-state index in [1.807, 2.05) is 6.07 Å². The van der Waals surface area contributed by atoms with E-state index in [0.29, 0.717) is 22.3 Å². The highest BCUT2D eigenvalue weighted by molar-refractivity contribution is 7.16. The molecule has 4 rings (SSSR count). The SMILES string of the molecule is C=C(O)C1CCC(CNc2nc(-c3cccc(O)c3)c(Cc3c(F)cccc3F)s2)CC1. The first kappa shape index (κ1) is 22.3. The number of aromatic nitrogens is 1. The normalized spacial score (nSPS) is 18.4. The van der Waals surface area contributed by atoms with Crippen LogP contribution in [0.5, 0.6) is 5.75 Å². The average molecular weight is 457 g/mol. The monoisotopic (exact) mass is 456 g/mol. The minimum atomic E-state index is -0.586. The maximum absolute atomic E-state index is 14.3. The van der Waals surface area contributed by atoms with Gasteiger partial charge in [-0.25, -0.2) is 13.8 Å². The van der Waals surface area contributed by atoms with E-state index < -0.39 is 11.6 Å². The Bertz CT molecular complexity index is 1090. The van der Waals surface area contributed by atoms with Crippen molar-refractivity contribution in [3.63, 3.8) is 0 Å². The van der Waals surface area contributed by atoms with Crippen molar-refractivity contribution in [2.45, 2.75) is 32.1 Å². The van der Waals surface area contributed by atoms with Gasteiger partial charge >= 0.3 is 0 Å². The maximum Gasteiger partial charge on any atom is 0.183 e. The number of benzene rings is 2. The van der Waals surface area contributed by atoms with Gasteiger partial charge in [-0.05, 0) is 55.9 Å². The summed E-state index contributed by atoms with van der Waals surface area (Å²) in [5.74, 6) is -0.140. The van der Waals surface area contributed by atoms with Crippen LogP contribution < -0.4 is 5.32 Å². The van der Waals surface area contributed by atoms with E-state index >= 15 is 0 Å². The average Bonchev–Trinajstić information content (AvgIpc) is 3.18. The molecule has 0 aliphatic heterocycles. The number of hydrogen-bond donors (Lipinski definition) is 3. The number of aliphatic hydroxyl groups excluding tert-OH is 1. The molecule has 168 valence electrons. The number of anilines is 1. The number of hydrogen-bond acceptors (Lipinski definition) is 5. The molecule has 0 atom stereocenters. The molecule has 0 radical (unpaired) electrons. The summed E-state index contributed by atoms with van der Waals surface area (Å²) in [6.07, 6.45) is 3.91. The van der Waals surface area contributed by atoms with Crippen molar-refractivity contribution in [3.8, 4) is 17.0 Å². The van der Waals surface area contributed by atoms with Crippen LogP contribution in [0.15, 0.2) is 54.8 Å². The predicted molar refractivity (Wildman–Crippen MR) is 124 cm³/mol. The molecule has 7 heteroatoms. The van der Waals surface area contributed by atoms with Gasteiger partial charge in [0.25, 0.3) is 0 Å². The number of aliphatic hydroxyl groups is 1. The van der Waals surface area contributed by atoms with Crippen LogP contribution in [0.4, 0.5) is 13.9 Å². The highest BCUT2D eigenvalue weighted by atomic mass is 32.1. The van der Waals surface area contributed by atoms with Gasteiger partial charge in [0.15, 0.2) is 5.13 Å². The summed E-state index contributed by atoms with van der Waals surface area (Å²) in [5, 5.41) is 23.6. The predicted octanol–water partition coefficient (Wildman–Crippen LogP) is 6.67. The summed E-state index contributed by atoms with van der Waals surface area (Å²) in [6.45, 7) is 4.39. The Hall–Kier alpha value is -2.93. The molecule has 1 fully saturated rings. The third-order valence-electron chi connectivity index (χ3n) is 6.08. The molecule has 4 nitrogen and oxygen atoms in total. The van der Waals surface area contributed by atoms with Gasteiger partial charge in [-0.1, -0.05) is 24.8 Å². The second-order valence-electron chi connectivity index (χ2n) is 8.31. The summed E-state index contributed by atoms with van der Waals surface area (Å²) in [5.41, 5.74) is 1.31. The fourth-order valence-electron chi connectivity index (χ4n) is 4.22. The Balaban J connectivity index is 1.55. The van der Waals surface area contributed by atoms with Gasteiger partial charge in [0.05, 0.1) is 11.5 Å². The largest absolute Gasteiger partial charge is 0.513 e. The maximum atomic E-state index is 14.3. The summed E-state index contributed by atoms with van der Waals surface area (Å²) in [7, 11) is 0. The Labute approximate surface area is 190 Å². The van der Waals surface area contributed by atoms with Crippen molar-refractivity contribution in [1.29, 1.82) is 0 Å². The number of halogens is 2. The first-order valence-electron chi connectivity index (χ1n) is 10.7. The molecule has 1 aliphatic carbocycles. The fraction of sp³-hybridized carbons (Fsp3) is 0.320. The van der Waals surface area contributed by atoms with E-state index in [-0.39, 0.29) is 29.4 Å². The Morgan fingerprint density at radius 2 is 1.78 bits per heavy atom. The molecule has 0 spiro atoms. The molecule has 0 unspecified atom stereocenters.